The van der Waals surface area contributed by atoms with Gasteiger partial charge >= 0.3 is 0 Å². The zero-order valence-corrected chi connectivity index (χ0v) is 15.3. The number of β-amino-alcohol motifs (C(OH)–C–C–N with tert-alkyl or cyclic N) is 1. The summed E-state index contributed by atoms with van der Waals surface area (Å²) in [5.74, 6) is 2.17. The van der Waals surface area contributed by atoms with Gasteiger partial charge in [0.05, 0.1) is 0 Å². The van der Waals surface area contributed by atoms with E-state index in [-0.39, 0.29) is 13.2 Å². The van der Waals surface area contributed by atoms with Crippen LogP contribution in [0.3, 0.4) is 0 Å². The van der Waals surface area contributed by atoms with E-state index in [2.05, 4.69) is 15.0 Å². The number of hydrogen-bond acceptors (Lipinski definition) is 7. The van der Waals surface area contributed by atoms with Gasteiger partial charge in [-0.25, -0.2) is 0 Å². The molecular formula is C19H27N3O4. The van der Waals surface area contributed by atoms with Crippen LogP contribution in [-0.4, -0.2) is 52.5 Å². The van der Waals surface area contributed by atoms with Crippen LogP contribution in [0.2, 0.25) is 0 Å². The summed E-state index contributed by atoms with van der Waals surface area (Å²) in [4.78, 5) is 6.43. The maximum absolute atomic E-state index is 10.3. The summed E-state index contributed by atoms with van der Waals surface area (Å²) in [6.45, 7) is 4.93. The number of aromatic nitrogens is 2. The molecule has 3 rings (SSSR count). The Bertz CT molecular complexity index is 668. The highest BCUT2D eigenvalue weighted by atomic mass is 16.5. The Kier molecular flexibility index (Phi) is 6.85. The number of benzene rings is 1. The molecule has 1 atom stereocenters. The van der Waals surface area contributed by atoms with Crippen molar-refractivity contribution in [2.75, 3.05) is 26.2 Å². The van der Waals surface area contributed by atoms with E-state index in [0.717, 1.165) is 13.1 Å². The minimum atomic E-state index is -0.528. The van der Waals surface area contributed by atoms with E-state index < -0.39 is 6.10 Å². The second-order valence-corrected chi connectivity index (χ2v) is 6.65. The molecular weight excluding hydrogens is 334 g/mol. The van der Waals surface area contributed by atoms with Crippen LogP contribution < -0.4 is 9.47 Å². The molecule has 0 unspecified atom stereocenters. The van der Waals surface area contributed by atoms with E-state index in [1.807, 2.05) is 24.3 Å². The van der Waals surface area contributed by atoms with Gasteiger partial charge in [-0.3, -0.25) is 0 Å². The van der Waals surface area contributed by atoms with Gasteiger partial charge in [-0.15, -0.1) is 0 Å². The Balaban J connectivity index is 1.49. The summed E-state index contributed by atoms with van der Waals surface area (Å²) >= 11 is 0. The molecule has 1 saturated heterocycles. The molecule has 1 aliphatic heterocycles. The Hall–Kier alpha value is -2.12. The fourth-order valence-corrected chi connectivity index (χ4v) is 3.08. The molecule has 0 aliphatic carbocycles. The SMILES string of the molecule is Cc1noc(COc2ccccc2OC[C@@H](O)CN2CCCCCC2)n1. The lowest BCUT2D eigenvalue weighted by Gasteiger charge is -2.23. The lowest BCUT2D eigenvalue weighted by atomic mass is 10.2. The van der Waals surface area contributed by atoms with Gasteiger partial charge in [0.25, 0.3) is 5.89 Å². The molecule has 7 heteroatoms. The quantitative estimate of drug-likeness (QED) is 0.774. The topological polar surface area (TPSA) is 80.9 Å². The molecule has 1 aliphatic rings. The van der Waals surface area contributed by atoms with Crippen LogP contribution in [0.25, 0.3) is 0 Å². The van der Waals surface area contributed by atoms with Gasteiger partial charge in [0.1, 0.15) is 12.7 Å². The molecule has 1 aromatic heterocycles. The first-order valence-electron chi connectivity index (χ1n) is 9.25. The molecule has 142 valence electrons. The van der Waals surface area contributed by atoms with Crippen molar-refractivity contribution >= 4 is 0 Å². The van der Waals surface area contributed by atoms with Crippen LogP contribution in [0.5, 0.6) is 11.5 Å². The van der Waals surface area contributed by atoms with E-state index in [1.54, 1.807) is 6.92 Å². The second kappa shape index (κ2) is 9.54. The van der Waals surface area contributed by atoms with Crippen molar-refractivity contribution in [3.05, 3.63) is 36.0 Å². The Labute approximate surface area is 153 Å². The summed E-state index contributed by atoms with van der Waals surface area (Å²) in [7, 11) is 0. The van der Waals surface area contributed by atoms with Crippen molar-refractivity contribution in [2.45, 2.75) is 45.3 Å². The van der Waals surface area contributed by atoms with Gasteiger partial charge in [0.15, 0.2) is 23.9 Å². The lowest BCUT2D eigenvalue weighted by molar-refractivity contribution is 0.0677. The van der Waals surface area contributed by atoms with Crippen LogP contribution >= 0.6 is 0 Å². The molecule has 7 nitrogen and oxygen atoms in total. The molecule has 0 radical (unpaired) electrons. The molecule has 2 aromatic rings. The third kappa shape index (κ3) is 5.71. The average molecular weight is 361 g/mol. The van der Waals surface area contributed by atoms with Gasteiger partial charge in [-0.05, 0) is 45.0 Å². The first-order valence-corrected chi connectivity index (χ1v) is 9.25. The highest BCUT2D eigenvalue weighted by Crippen LogP contribution is 2.27. The molecule has 0 saturated carbocycles. The lowest BCUT2D eigenvalue weighted by Crippen LogP contribution is -2.36. The summed E-state index contributed by atoms with van der Waals surface area (Å²) in [6, 6.07) is 7.39. The summed E-state index contributed by atoms with van der Waals surface area (Å²) in [5.41, 5.74) is 0. The summed E-state index contributed by atoms with van der Waals surface area (Å²) in [6.07, 6.45) is 4.46. The fourth-order valence-electron chi connectivity index (χ4n) is 3.08. The molecule has 0 bridgehead atoms. The van der Waals surface area contributed by atoms with Crippen LogP contribution in [0, 0.1) is 6.92 Å². The number of aliphatic hydroxyl groups is 1. The number of rotatable bonds is 8. The van der Waals surface area contributed by atoms with Crippen LogP contribution in [0.4, 0.5) is 0 Å². The zero-order valence-electron chi connectivity index (χ0n) is 15.3. The highest BCUT2D eigenvalue weighted by Gasteiger charge is 2.15. The van der Waals surface area contributed by atoms with Crippen molar-refractivity contribution in [1.82, 2.24) is 15.0 Å². The number of ether oxygens (including phenoxy) is 2. The highest BCUT2D eigenvalue weighted by molar-refractivity contribution is 5.39. The number of likely N-dealkylation sites (tertiary alicyclic amines) is 1. The van der Waals surface area contributed by atoms with E-state index >= 15 is 0 Å². The molecule has 1 aromatic carbocycles. The van der Waals surface area contributed by atoms with Gasteiger partial charge in [-0.1, -0.05) is 30.1 Å². The molecule has 26 heavy (non-hydrogen) atoms. The maximum Gasteiger partial charge on any atom is 0.264 e. The van der Waals surface area contributed by atoms with E-state index in [0.29, 0.717) is 29.8 Å². The van der Waals surface area contributed by atoms with Crippen molar-refractivity contribution in [1.29, 1.82) is 0 Å². The average Bonchev–Trinajstić information content (AvgIpc) is 2.89. The summed E-state index contributed by atoms with van der Waals surface area (Å²) < 4.78 is 16.6. The maximum atomic E-state index is 10.3. The minimum absolute atomic E-state index is 0.178. The van der Waals surface area contributed by atoms with Crippen molar-refractivity contribution in [2.24, 2.45) is 0 Å². The van der Waals surface area contributed by atoms with E-state index in [4.69, 9.17) is 14.0 Å². The summed E-state index contributed by atoms with van der Waals surface area (Å²) in [5, 5.41) is 14.1. The van der Waals surface area contributed by atoms with Crippen molar-refractivity contribution < 1.29 is 19.1 Å². The third-order valence-corrected chi connectivity index (χ3v) is 4.37. The van der Waals surface area contributed by atoms with Gasteiger partial charge in [-0.2, -0.15) is 4.98 Å². The molecule has 1 N–H and O–H groups in total. The first kappa shape index (κ1) is 18.7. The number of hydrogen-bond donors (Lipinski definition) is 1. The van der Waals surface area contributed by atoms with Crippen LogP contribution in [-0.2, 0) is 6.61 Å². The number of para-hydroxylation sites is 2. The van der Waals surface area contributed by atoms with Gasteiger partial charge in [0, 0.05) is 6.54 Å². The number of aliphatic hydroxyl groups excluding tert-OH is 1. The molecule has 0 amide bonds. The normalized spacial score (nSPS) is 16.8. The molecule has 0 spiro atoms. The van der Waals surface area contributed by atoms with E-state index in [1.165, 1.54) is 25.7 Å². The van der Waals surface area contributed by atoms with Gasteiger partial charge in [0.2, 0.25) is 0 Å². The first-order chi connectivity index (χ1) is 12.7. The van der Waals surface area contributed by atoms with Crippen molar-refractivity contribution in [3.8, 4) is 11.5 Å². The predicted octanol–water partition coefficient (Wildman–Crippen LogP) is 2.57. The molecule has 1 fully saturated rings. The monoisotopic (exact) mass is 361 g/mol. The Morgan fingerprint density at radius 3 is 2.46 bits per heavy atom. The van der Waals surface area contributed by atoms with Crippen LogP contribution in [0.1, 0.15) is 37.4 Å². The van der Waals surface area contributed by atoms with Crippen LogP contribution in [0.15, 0.2) is 28.8 Å². The predicted molar refractivity (Wildman–Crippen MR) is 96.2 cm³/mol. The Morgan fingerprint density at radius 2 is 1.81 bits per heavy atom. The second-order valence-electron chi connectivity index (χ2n) is 6.65. The van der Waals surface area contributed by atoms with E-state index in [9.17, 15) is 5.11 Å². The fraction of sp³-hybridized carbons (Fsp3) is 0.579. The number of nitrogens with zero attached hydrogens (tertiary/aromatic N) is 3. The van der Waals surface area contributed by atoms with Crippen molar-refractivity contribution in [3.63, 3.8) is 0 Å². The standard InChI is InChI=1S/C19H27N3O4/c1-15-20-19(26-21-15)14-25-18-9-5-4-8-17(18)24-13-16(23)12-22-10-6-2-3-7-11-22/h4-5,8-9,16,23H,2-3,6-7,10-14H2,1H3/t16-/m0/s1. The largest absolute Gasteiger partial charge is 0.487 e. The minimum Gasteiger partial charge on any atom is -0.487 e. The van der Waals surface area contributed by atoms with Gasteiger partial charge < -0.3 is 24.0 Å². The Morgan fingerprint density at radius 1 is 1.12 bits per heavy atom. The number of aryl methyl sites for hydroxylation is 1. The zero-order chi connectivity index (χ0) is 18.2. The molecule has 2 heterocycles. The third-order valence-electron chi connectivity index (χ3n) is 4.37. The smallest absolute Gasteiger partial charge is 0.264 e.